The molecule has 126 valence electrons. The van der Waals surface area contributed by atoms with Crippen LogP contribution in [0.2, 0.25) is 0 Å². The van der Waals surface area contributed by atoms with E-state index in [0.29, 0.717) is 5.82 Å². The number of fused-ring (bicyclic) bond motifs is 3. The van der Waals surface area contributed by atoms with E-state index in [4.69, 9.17) is 10.5 Å². The highest BCUT2D eigenvalue weighted by molar-refractivity contribution is 6.06. The highest BCUT2D eigenvalue weighted by Crippen LogP contribution is 2.29. The van der Waals surface area contributed by atoms with E-state index in [1.54, 1.807) is 6.33 Å². The summed E-state index contributed by atoms with van der Waals surface area (Å²) >= 11 is 0. The number of nitrogen functional groups attached to an aromatic ring is 1. The molecule has 0 amide bonds. The predicted octanol–water partition coefficient (Wildman–Crippen LogP) is 2.47. The molecule has 24 heavy (non-hydrogen) atoms. The Morgan fingerprint density at radius 2 is 2.17 bits per heavy atom. The third-order valence-corrected chi connectivity index (χ3v) is 4.90. The number of anilines is 1. The Kier molecular flexibility index (Phi) is 3.98. The Morgan fingerprint density at radius 1 is 1.33 bits per heavy atom. The Balaban J connectivity index is 1.57. The fraction of sp³-hybridized carbons (Fsp3) is 0.444. The first-order valence-corrected chi connectivity index (χ1v) is 8.56. The molecular weight excluding hydrogens is 302 g/mol. The molecule has 1 aromatic carbocycles. The van der Waals surface area contributed by atoms with Gasteiger partial charge < -0.3 is 20.4 Å². The Labute approximate surface area is 141 Å². The van der Waals surface area contributed by atoms with Gasteiger partial charge >= 0.3 is 0 Å². The minimum Gasteiger partial charge on any atom is -0.494 e. The van der Waals surface area contributed by atoms with Crippen molar-refractivity contribution < 1.29 is 4.74 Å². The van der Waals surface area contributed by atoms with Crippen LogP contribution < -0.4 is 15.8 Å². The number of pyridine rings is 1. The number of nitrogens with two attached hydrogens (primary N) is 1. The van der Waals surface area contributed by atoms with Gasteiger partial charge in [0.05, 0.1) is 24.0 Å². The smallest absolute Gasteiger partial charge is 0.152 e. The van der Waals surface area contributed by atoms with Gasteiger partial charge in [0.25, 0.3) is 0 Å². The van der Waals surface area contributed by atoms with Crippen LogP contribution in [0.15, 0.2) is 24.5 Å². The molecule has 0 atom stereocenters. The molecule has 0 spiro atoms. The first-order chi connectivity index (χ1) is 11.7. The summed E-state index contributed by atoms with van der Waals surface area (Å²) in [5.41, 5.74) is 8.63. The van der Waals surface area contributed by atoms with Gasteiger partial charge in [-0.25, -0.2) is 9.97 Å². The maximum Gasteiger partial charge on any atom is 0.152 e. The van der Waals surface area contributed by atoms with Crippen LogP contribution in [0.4, 0.5) is 5.82 Å². The number of hydrogen-bond acceptors (Lipinski definition) is 5. The second-order valence-corrected chi connectivity index (χ2v) is 6.56. The van der Waals surface area contributed by atoms with Crippen LogP contribution in [0.1, 0.15) is 19.3 Å². The standard InChI is InChI=1S/C18H23N5O/c1-23-11-21-16-17(23)14-10-13(2-3-15(14)22-18(16)19)24-9-6-12-4-7-20-8-5-12/h2-3,10-12,20H,4-9H2,1H3,(H2,19,22). The van der Waals surface area contributed by atoms with Gasteiger partial charge in [0.1, 0.15) is 11.3 Å². The van der Waals surface area contributed by atoms with Crippen molar-refractivity contribution in [3.63, 3.8) is 0 Å². The first-order valence-electron chi connectivity index (χ1n) is 8.56. The monoisotopic (exact) mass is 325 g/mol. The van der Waals surface area contributed by atoms with Crippen molar-refractivity contribution in [3.05, 3.63) is 24.5 Å². The third-order valence-electron chi connectivity index (χ3n) is 4.90. The molecule has 0 unspecified atom stereocenters. The minimum absolute atomic E-state index is 0.470. The van der Waals surface area contributed by atoms with E-state index < -0.39 is 0 Å². The van der Waals surface area contributed by atoms with Crippen LogP contribution in [-0.2, 0) is 7.05 Å². The summed E-state index contributed by atoms with van der Waals surface area (Å²) < 4.78 is 7.98. The number of aromatic nitrogens is 3. The maximum atomic E-state index is 6.01. The van der Waals surface area contributed by atoms with Crippen LogP contribution >= 0.6 is 0 Å². The largest absolute Gasteiger partial charge is 0.494 e. The van der Waals surface area contributed by atoms with Crippen LogP contribution in [0, 0.1) is 5.92 Å². The molecule has 0 radical (unpaired) electrons. The summed E-state index contributed by atoms with van der Waals surface area (Å²) in [7, 11) is 1.97. The number of imidazole rings is 1. The van der Waals surface area contributed by atoms with Gasteiger partial charge in [0.2, 0.25) is 0 Å². The van der Waals surface area contributed by atoms with E-state index in [1.807, 2.05) is 29.8 Å². The van der Waals surface area contributed by atoms with Gasteiger partial charge in [-0.1, -0.05) is 0 Å². The van der Waals surface area contributed by atoms with Crippen LogP contribution in [0.3, 0.4) is 0 Å². The zero-order chi connectivity index (χ0) is 16.5. The lowest BCUT2D eigenvalue weighted by Gasteiger charge is -2.22. The van der Waals surface area contributed by atoms with Crippen molar-refractivity contribution in [2.24, 2.45) is 13.0 Å². The van der Waals surface area contributed by atoms with Crippen molar-refractivity contribution in [1.29, 1.82) is 0 Å². The molecular formula is C18H23N5O. The quantitative estimate of drug-likeness (QED) is 0.770. The zero-order valence-electron chi connectivity index (χ0n) is 14.0. The molecule has 3 aromatic rings. The Bertz CT molecular complexity index is 867. The number of benzene rings is 1. The van der Waals surface area contributed by atoms with Gasteiger partial charge in [0.15, 0.2) is 5.82 Å². The minimum atomic E-state index is 0.470. The number of piperidine rings is 1. The molecule has 0 bridgehead atoms. The average molecular weight is 325 g/mol. The summed E-state index contributed by atoms with van der Waals surface area (Å²) in [4.78, 5) is 8.80. The second-order valence-electron chi connectivity index (χ2n) is 6.56. The summed E-state index contributed by atoms with van der Waals surface area (Å²) in [6, 6.07) is 5.99. The molecule has 0 saturated carbocycles. The number of nitrogens with one attached hydrogen (secondary N) is 1. The number of nitrogens with zero attached hydrogens (tertiary/aromatic N) is 3. The van der Waals surface area contributed by atoms with E-state index in [2.05, 4.69) is 15.3 Å². The van der Waals surface area contributed by atoms with Gasteiger partial charge in [-0.3, -0.25) is 0 Å². The fourth-order valence-electron chi connectivity index (χ4n) is 3.52. The number of rotatable bonds is 4. The van der Waals surface area contributed by atoms with E-state index >= 15 is 0 Å². The molecule has 0 aliphatic carbocycles. The van der Waals surface area contributed by atoms with Crippen molar-refractivity contribution in [2.45, 2.75) is 19.3 Å². The van der Waals surface area contributed by atoms with Crippen molar-refractivity contribution in [2.75, 3.05) is 25.4 Å². The number of hydrogen-bond donors (Lipinski definition) is 2. The van der Waals surface area contributed by atoms with Crippen LogP contribution in [-0.4, -0.2) is 34.2 Å². The predicted molar refractivity (Wildman–Crippen MR) is 96.1 cm³/mol. The summed E-state index contributed by atoms with van der Waals surface area (Å²) in [5, 5.41) is 4.43. The van der Waals surface area contributed by atoms with E-state index in [-0.39, 0.29) is 0 Å². The molecule has 6 heteroatoms. The SMILES string of the molecule is Cn1cnc2c(N)nc3ccc(OCCC4CCNCC4)cc3c21. The highest BCUT2D eigenvalue weighted by atomic mass is 16.5. The van der Waals surface area contributed by atoms with Gasteiger partial charge in [0, 0.05) is 12.4 Å². The molecule has 6 nitrogen and oxygen atoms in total. The van der Waals surface area contributed by atoms with E-state index in [1.165, 1.54) is 12.8 Å². The number of aryl methyl sites for hydroxylation is 1. The molecule has 3 heterocycles. The molecule has 3 N–H and O–H groups in total. The fourth-order valence-corrected chi connectivity index (χ4v) is 3.52. The summed E-state index contributed by atoms with van der Waals surface area (Å²) in [5.74, 6) is 2.13. The lowest BCUT2D eigenvalue weighted by Crippen LogP contribution is -2.28. The maximum absolute atomic E-state index is 6.01. The third kappa shape index (κ3) is 2.78. The second kappa shape index (κ2) is 6.28. The summed E-state index contributed by atoms with van der Waals surface area (Å²) in [6.45, 7) is 3.02. The van der Waals surface area contributed by atoms with Gasteiger partial charge in [-0.2, -0.15) is 0 Å². The first kappa shape index (κ1) is 15.2. The molecule has 1 aliphatic rings. The van der Waals surface area contributed by atoms with E-state index in [0.717, 1.165) is 59.7 Å². The van der Waals surface area contributed by atoms with Crippen molar-refractivity contribution >= 4 is 27.8 Å². The molecule has 1 fully saturated rings. The normalized spacial score (nSPS) is 16.0. The molecule has 1 aliphatic heterocycles. The Hall–Kier alpha value is -2.34. The molecule has 1 saturated heterocycles. The van der Waals surface area contributed by atoms with Crippen LogP contribution in [0.25, 0.3) is 21.9 Å². The Morgan fingerprint density at radius 3 is 3.00 bits per heavy atom. The lowest BCUT2D eigenvalue weighted by molar-refractivity contribution is 0.252. The topological polar surface area (TPSA) is 78.0 Å². The lowest BCUT2D eigenvalue weighted by atomic mass is 9.95. The van der Waals surface area contributed by atoms with Crippen molar-refractivity contribution in [3.8, 4) is 5.75 Å². The zero-order valence-corrected chi connectivity index (χ0v) is 14.0. The molecule has 4 rings (SSSR count). The van der Waals surface area contributed by atoms with Crippen LogP contribution in [0.5, 0.6) is 5.75 Å². The van der Waals surface area contributed by atoms with Gasteiger partial charge in [-0.15, -0.1) is 0 Å². The highest BCUT2D eigenvalue weighted by Gasteiger charge is 2.14. The van der Waals surface area contributed by atoms with Gasteiger partial charge in [-0.05, 0) is 56.5 Å². The average Bonchev–Trinajstić information content (AvgIpc) is 2.99. The van der Waals surface area contributed by atoms with Crippen molar-refractivity contribution in [1.82, 2.24) is 19.9 Å². The summed E-state index contributed by atoms with van der Waals surface area (Å²) in [6.07, 6.45) is 5.38. The number of ether oxygens (including phenoxy) is 1. The molecule has 2 aromatic heterocycles. The van der Waals surface area contributed by atoms with E-state index in [9.17, 15) is 0 Å².